The number of rotatable bonds is 5. The molecule has 1 aliphatic rings. The molecule has 0 spiro atoms. The number of carbonyl (C=O) groups excluding carboxylic acids is 1. The van der Waals surface area contributed by atoms with Crippen LogP contribution in [-0.4, -0.2) is 43.7 Å². The topological polar surface area (TPSA) is 70.2 Å². The first-order valence-corrected chi connectivity index (χ1v) is 10.8. The molecular formula is C22H22N2O3S. The van der Waals surface area contributed by atoms with E-state index in [1.807, 2.05) is 25.2 Å². The zero-order valence-electron chi connectivity index (χ0n) is 15.6. The maximum atomic E-state index is 13.0. The maximum absolute atomic E-state index is 13.0. The van der Waals surface area contributed by atoms with Crippen LogP contribution in [0, 0.1) is 0 Å². The number of aromatic amines is 1. The Morgan fingerprint density at radius 2 is 1.96 bits per heavy atom. The molecular weight excluding hydrogens is 372 g/mol. The number of sulfone groups is 1. The van der Waals surface area contributed by atoms with Gasteiger partial charge in [0.2, 0.25) is 0 Å². The van der Waals surface area contributed by atoms with Gasteiger partial charge in [-0.15, -0.1) is 0 Å². The van der Waals surface area contributed by atoms with Crippen LogP contribution >= 0.6 is 0 Å². The Labute approximate surface area is 164 Å². The summed E-state index contributed by atoms with van der Waals surface area (Å²) in [6.07, 6.45) is 5.23. The molecule has 1 N–H and O–H groups in total. The summed E-state index contributed by atoms with van der Waals surface area (Å²) in [5.74, 6) is 0.115. The highest BCUT2D eigenvalue weighted by molar-refractivity contribution is 7.94. The lowest BCUT2D eigenvalue weighted by molar-refractivity contribution is 0.0892. The van der Waals surface area contributed by atoms with Crippen LogP contribution in [0.25, 0.3) is 17.0 Å². The van der Waals surface area contributed by atoms with Gasteiger partial charge in [0.15, 0.2) is 15.6 Å². The van der Waals surface area contributed by atoms with Gasteiger partial charge in [-0.2, -0.15) is 0 Å². The van der Waals surface area contributed by atoms with Gasteiger partial charge in [-0.1, -0.05) is 24.3 Å². The van der Waals surface area contributed by atoms with Gasteiger partial charge in [-0.25, -0.2) is 8.42 Å². The predicted molar refractivity (Wildman–Crippen MR) is 111 cm³/mol. The van der Waals surface area contributed by atoms with Crippen LogP contribution in [0.15, 0.2) is 65.0 Å². The second-order valence-electron chi connectivity index (χ2n) is 7.17. The summed E-state index contributed by atoms with van der Waals surface area (Å²) < 4.78 is 24.9. The molecule has 0 bridgehead atoms. The Bertz CT molecular complexity index is 1150. The molecule has 144 valence electrons. The highest BCUT2D eigenvalue weighted by atomic mass is 32.2. The summed E-state index contributed by atoms with van der Waals surface area (Å²) in [7, 11) is -1.53. The van der Waals surface area contributed by atoms with E-state index in [-0.39, 0.29) is 16.7 Å². The van der Waals surface area contributed by atoms with Crippen molar-refractivity contribution in [1.29, 1.82) is 0 Å². The molecule has 3 aromatic rings. The Balaban J connectivity index is 1.65. The lowest BCUT2D eigenvalue weighted by atomic mass is 10.0. The maximum Gasteiger partial charge on any atom is 0.199 e. The number of H-pyrrole nitrogens is 1. The van der Waals surface area contributed by atoms with Gasteiger partial charge in [-0.3, -0.25) is 9.69 Å². The van der Waals surface area contributed by atoms with Crippen molar-refractivity contribution in [2.45, 2.75) is 23.8 Å². The molecule has 1 fully saturated rings. The normalized spacial score (nSPS) is 18.2. The summed E-state index contributed by atoms with van der Waals surface area (Å²) in [6.45, 7) is 0.935. The molecule has 28 heavy (non-hydrogen) atoms. The number of fused-ring (bicyclic) bond motifs is 1. The van der Waals surface area contributed by atoms with Crippen molar-refractivity contribution in [3.05, 3.63) is 71.3 Å². The number of hydrogen-bond donors (Lipinski definition) is 1. The minimum Gasteiger partial charge on any atom is -0.360 e. The van der Waals surface area contributed by atoms with E-state index >= 15 is 0 Å². The van der Waals surface area contributed by atoms with Crippen molar-refractivity contribution in [2.75, 3.05) is 13.6 Å². The molecule has 0 radical (unpaired) electrons. The molecule has 0 amide bonds. The van der Waals surface area contributed by atoms with E-state index < -0.39 is 9.84 Å². The molecule has 4 rings (SSSR count). The van der Waals surface area contributed by atoms with E-state index in [2.05, 4.69) is 9.88 Å². The summed E-state index contributed by atoms with van der Waals surface area (Å²) in [5.41, 5.74) is 2.27. The third-order valence-corrected chi connectivity index (χ3v) is 6.73. The molecule has 2 aromatic carbocycles. The summed E-state index contributed by atoms with van der Waals surface area (Å²) in [4.78, 5) is 18.5. The van der Waals surface area contributed by atoms with E-state index in [4.69, 9.17) is 0 Å². The van der Waals surface area contributed by atoms with E-state index in [9.17, 15) is 13.2 Å². The van der Waals surface area contributed by atoms with Crippen molar-refractivity contribution in [1.82, 2.24) is 9.88 Å². The van der Waals surface area contributed by atoms with Crippen molar-refractivity contribution < 1.29 is 13.2 Å². The third-order valence-electron chi connectivity index (χ3n) is 5.31. The number of nitrogens with zero attached hydrogens (tertiary/aromatic N) is 1. The lowest BCUT2D eigenvalue weighted by Crippen LogP contribution is -2.32. The van der Waals surface area contributed by atoms with Crippen LogP contribution in [0.1, 0.15) is 28.8 Å². The molecule has 6 heteroatoms. The third kappa shape index (κ3) is 3.53. The average molecular weight is 394 g/mol. The fourth-order valence-corrected chi connectivity index (χ4v) is 4.75. The first-order chi connectivity index (χ1) is 13.5. The number of hydrogen-bond acceptors (Lipinski definition) is 4. The Kier molecular flexibility index (Phi) is 4.91. The van der Waals surface area contributed by atoms with Crippen LogP contribution in [0.3, 0.4) is 0 Å². The minimum absolute atomic E-state index is 0.0864. The summed E-state index contributed by atoms with van der Waals surface area (Å²) in [5, 5.41) is 2.03. The number of likely N-dealkylation sites (tertiary alicyclic amines) is 1. The lowest BCUT2D eigenvalue weighted by Gasteiger charge is -2.17. The smallest absolute Gasteiger partial charge is 0.199 e. The number of Topliss-reactive ketones (excluding diaryl/α,β-unsaturated/α-hetero) is 1. The van der Waals surface area contributed by atoms with Gasteiger partial charge in [0.05, 0.1) is 10.9 Å². The second-order valence-corrected chi connectivity index (χ2v) is 9.00. The zero-order valence-corrected chi connectivity index (χ0v) is 16.4. The highest BCUT2D eigenvalue weighted by Crippen LogP contribution is 2.26. The predicted octanol–water partition coefficient (Wildman–Crippen LogP) is 3.89. The van der Waals surface area contributed by atoms with Crippen molar-refractivity contribution in [3.8, 4) is 0 Å². The van der Waals surface area contributed by atoms with E-state index in [0.29, 0.717) is 5.56 Å². The molecule has 1 aliphatic heterocycles. The fraction of sp³-hybridized carbons (Fsp3) is 0.227. The fourth-order valence-electron chi connectivity index (χ4n) is 3.72. The molecule has 1 atom stereocenters. The first-order valence-electron chi connectivity index (χ1n) is 9.29. The van der Waals surface area contributed by atoms with E-state index in [0.717, 1.165) is 35.9 Å². The van der Waals surface area contributed by atoms with E-state index in [1.54, 1.807) is 42.6 Å². The van der Waals surface area contributed by atoms with Gasteiger partial charge >= 0.3 is 0 Å². The first kappa shape index (κ1) is 18.7. The number of likely N-dealkylation sites (N-methyl/N-ethyl adjacent to an activating group) is 1. The van der Waals surface area contributed by atoms with Gasteiger partial charge in [0.1, 0.15) is 0 Å². The molecule has 0 aliphatic carbocycles. The SMILES string of the molecule is CN1CCC[C@@H]1C(=O)c1c[nH]c2ccc(/C=C/S(=O)(=O)c3ccccc3)cc12. The van der Waals surface area contributed by atoms with Crippen molar-refractivity contribution >= 4 is 32.6 Å². The largest absolute Gasteiger partial charge is 0.360 e. The molecule has 0 unspecified atom stereocenters. The van der Waals surface area contributed by atoms with Crippen LogP contribution in [0.4, 0.5) is 0 Å². The van der Waals surface area contributed by atoms with Crippen LogP contribution in [0.2, 0.25) is 0 Å². The quantitative estimate of drug-likeness (QED) is 0.667. The molecule has 1 saturated heterocycles. The average Bonchev–Trinajstić information content (AvgIpc) is 3.32. The van der Waals surface area contributed by atoms with Gasteiger partial charge in [0, 0.05) is 28.1 Å². The summed E-state index contributed by atoms with van der Waals surface area (Å²) >= 11 is 0. The molecule has 1 aromatic heterocycles. The van der Waals surface area contributed by atoms with Gasteiger partial charge in [0.25, 0.3) is 0 Å². The number of nitrogens with one attached hydrogen (secondary N) is 1. The molecule has 2 heterocycles. The Morgan fingerprint density at radius 3 is 2.68 bits per heavy atom. The molecule has 0 saturated carbocycles. The van der Waals surface area contributed by atoms with Crippen molar-refractivity contribution in [3.63, 3.8) is 0 Å². The van der Waals surface area contributed by atoms with Gasteiger partial charge in [-0.05, 0) is 62.3 Å². The van der Waals surface area contributed by atoms with Crippen LogP contribution < -0.4 is 0 Å². The van der Waals surface area contributed by atoms with E-state index in [1.165, 1.54) is 5.41 Å². The number of ketones is 1. The minimum atomic E-state index is -3.51. The summed E-state index contributed by atoms with van der Waals surface area (Å²) in [6, 6.07) is 13.8. The highest BCUT2D eigenvalue weighted by Gasteiger charge is 2.29. The van der Waals surface area contributed by atoms with Crippen LogP contribution in [0.5, 0.6) is 0 Å². The number of aromatic nitrogens is 1. The Hall–Kier alpha value is -2.70. The van der Waals surface area contributed by atoms with Crippen molar-refractivity contribution in [2.24, 2.45) is 0 Å². The number of carbonyl (C=O) groups is 1. The Morgan fingerprint density at radius 1 is 1.18 bits per heavy atom. The van der Waals surface area contributed by atoms with Gasteiger partial charge < -0.3 is 4.98 Å². The monoisotopic (exact) mass is 394 g/mol. The zero-order chi connectivity index (χ0) is 19.7. The molecule has 5 nitrogen and oxygen atoms in total. The standard InChI is InChI=1S/C22H22N2O3S/c1-24-12-5-8-21(24)22(25)19-15-23-20-10-9-16(14-18(19)20)11-13-28(26,27)17-6-3-2-4-7-17/h2-4,6-7,9-11,13-15,21,23H,5,8,12H2,1H3/b13-11+/t21-/m1/s1. The number of benzene rings is 2. The second kappa shape index (κ2) is 7.37. The van der Waals surface area contributed by atoms with Crippen LogP contribution in [-0.2, 0) is 9.84 Å².